The van der Waals surface area contributed by atoms with E-state index in [1.165, 1.54) is 18.9 Å². The van der Waals surface area contributed by atoms with Crippen molar-refractivity contribution in [3.8, 4) is 0 Å². The molecule has 0 bridgehead atoms. The molecule has 3 atom stereocenters. The summed E-state index contributed by atoms with van der Waals surface area (Å²) in [4.78, 5) is 27.4. The van der Waals surface area contributed by atoms with Crippen molar-refractivity contribution >= 4 is 30.1 Å². The van der Waals surface area contributed by atoms with E-state index in [9.17, 15) is 9.59 Å². The highest BCUT2D eigenvalue weighted by molar-refractivity contribution is 5.85. The van der Waals surface area contributed by atoms with Crippen LogP contribution in [0.5, 0.6) is 0 Å². The van der Waals surface area contributed by atoms with Gasteiger partial charge in [-0.3, -0.25) is 4.79 Å². The summed E-state index contributed by atoms with van der Waals surface area (Å²) in [6.45, 7) is 3.89. The number of carbonyl (C=O) groups is 2. The lowest BCUT2D eigenvalue weighted by atomic mass is 10.2. The predicted octanol–water partition coefficient (Wildman–Crippen LogP) is 1.49. The number of benzene rings is 1. The van der Waals surface area contributed by atoms with Crippen LogP contribution in [0.1, 0.15) is 6.92 Å². The van der Waals surface area contributed by atoms with Gasteiger partial charge >= 0.3 is 6.09 Å². The molecule has 25 heavy (non-hydrogen) atoms. The molecule has 1 N–H and O–H groups in total. The van der Waals surface area contributed by atoms with E-state index in [0.717, 1.165) is 0 Å². The Labute approximate surface area is 152 Å². The lowest BCUT2D eigenvalue weighted by Crippen LogP contribution is -2.65. The Morgan fingerprint density at radius 2 is 1.92 bits per heavy atom. The monoisotopic (exact) mass is 373 g/mol. The van der Waals surface area contributed by atoms with Gasteiger partial charge in [0.2, 0.25) is 5.91 Å². The molecule has 0 aromatic heterocycles. The van der Waals surface area contributed by atoms with Crippen LogP contribution in [0.15, 0.2) is 30.3 Å². The fraction of sp³-hybridized carbons (Fsp3) is 0.500. The van der Waals surface area contributed by atoms with E-state index in [-0.39, 0.29) is 24.0 Å². The van der Waals surface area contributed by atoms with Crippen LogP contribution < -0.4 is 10.0 Å². The molecular weight excluding hydrogens is 351 g/mol. The molecule has 2 heterocycles. The largest absolute Gasteiger partial charge is 0.565 e. The lowest BCUT2D eigenvalue weighted by molar-refractivity contribution is -0.141. The standard InChI is InChI=1S/C16H22FN4O3.ClH/c1-12(22)19(2)15-14(20-10-8-18-9-11-20)21(17,16(23)24-15)13-6-4-3-5-7-13;/h3-7,14-15,18H,8-11H2,1-2H3;1H/q+1;. The first kappa shape index (κ1) is 19.6. The molecule has 0 aliphatic carbocycles. The van der Waals surface area contributed by atoms with Gasteiger partial charge in [-0.2, -0.15) is 4.79 Å². The minimum Gasteiger partial charge on any atom is -0.384 e. The molecule has 0 radical (unpaired) electrons. The molecule has 9 heteroatoms. The number of amides is 2. The molecule has 2 fully saturated rings. The number of nitrogens with one attached hydrogen (secondary N) is 1. The van der Waals surface area contributed by atoms with E-state index in [2.05, 4.69) is 5.32 Å². The molecule has 0 spiro atoms. The summed E-state index contributed by atoms with van der Waals surface area (Å²) in [7, 11) is 1.52. The zero-order valence-electron chi connectivity index (χ0n) is 14.2. The topological polar surface area (TPSA) is 61.9 Å². The van der Waals surface area contributed by atoms with Crippen LogP contribution in [-0.2, 0) is 9.53 Å². The van der Waals surface area contributed by atoms with Gasteiger partial charge in [0, 0.05) is 61.5 Å². The van der Waals surface area contributed by atoms with Crippen LogP contribution in [0.4, 0.5) is 15.0 Å². The number of ether oxygens (including phenoxy) is 1. The number of nitrogens with zero attached hydrogens (tertiary/aromatic N) is 3. The van der Waals surface area contributed by atoms with Gasteiger partial charge in [0.05, 0.1) is 0 Å². The number of quaternary nitrogens is 1. The van der Waals surface area contributed by atoms with E-state index < -0.39 is 23.2 Å². The minimum atomic E-state index is -1.48. The summed E-state index contributed by atoms with van der Waals surface area (Å²) in [5.41, 5.74) is 0.200. The van der Waals surface area contributed by atoms with Gasteiger partial charge in [-0.25, -0.2) is 4.90 Å². The maximum Gasteiger partial charge on any atom is 0.565 e. The molecule has 1 aromatic carbocycles. The molecule has 3 unspecified atom stereocenters. The van der Waals surface area contributed by atoms with Gasteiger partial charge in [0.1, 0.15) is 0 Å². The minimum absolute atomic E-state index is 0. The number of rotatable bonds is 3. The average Bonchev–Trinajstić information content (AvgIpc) is 2.88. The number of halogens is 2. The number of hydrogen-bond acceptors (Lipinski definition) is 5. The number of piperazine rings is 1. The molecular formula is C16H23ClFN4O3+. The van der Waals surface area contributed by atoms with E-state index in [1.54, 1.807) is 30.3 Å². The fourth-order valence-electron chi connectivity index (χ4n) is 3.24. The molecule has 3 rings (SSSR count). The van der Waals surface area contributed by atoms with E-state index >= 15 is 4.48 Å². The number of hydrogen-bond donors (Lipinski definition) is 1. The van der Waals surface area contributed by atoms with Crippen molar-refractivity contribution < 1.29 is 18.8 Å². The zero-order valence-corrected chi connectivity index (χ0v) is 15.0. The van der Waals surface area contributed by atoms with Crippen molar-refractivity contribution in [3.05, 3.63) is 30.3 Å². The molecule has 0 saturated carbocycles. The first-order valence-corrected chi connectivity index (χ1v) is 7.99. The number of cyclic esters (lactones) is 1. The third kappa shape index (κ3) is 3.35. The third-order valence-corrected chi connectivity index (χ3v) is 4.64. The van der Waals surface area contributed by atoms with Gasteiger partial charge in [0.15, 0.2) is 5.69 Å². The second-order valence-electron chi connectivity index (χ2n) is 6.08. The van der Waals surface area contributed by atoms with Gasteiger partial charge in [0.25, 0.3) is 12.4 Å². The van der Waals surface area contributed by atoms with E-state index in [1.807, 2.05) is 4.90 Å². The smallest absolute Gasteiger partial charge is 0.384 e. The van der Waals surface area contributed by atoms with Crippen LogP contribution in [0.3, 0.4) is 0 Å². The van der Waals surface area contributed by atoms with Crippen LogP contribution in [0, 0.1) is 0 Å². The van der Waals surface area contributed by atoms with Crippen LogP contribution in [0.2, 0.25) is 0 Å². The Balaban J connectivity index is 0.00000225. The fourth-order valence-corrected chi connectivity index (χ4v) is 3.24. The predicted molar refractivity (Wildman–Crippen MR) is 93.5 cm³/mol. The second-order valence-corrected chi connectivity index (χ2v) is 6.08. The van der Waals surface area contributed by atoms with Gasteiger partial charge in [-0.15, -0.1) is 12.4 Å². The van der Waals surface area contributed by atoms with E-state index in [4.69, 9.17) is 4.74 Å². The maximum absolute atomic E-state index is 16.0. The Hall–Kier alpha value is -1.74. The summed E-state index contributed by atoms with van der Waals surface area (Å²) in [6, 6.07) is 8.24. The average molecular weight is 374 g/mol. The zero-order chi connectivity index (χ0) is 17.3. The first-order chi connectivity index (χ1) is 11.5. The van der Waals surface area contributed by atoms with Crippen molar-refractivity contribution in [3.63, 3.8) is 0 Å². The number of likely N-dealkylation sites (N-methyl/N-ethyl adjacent to an activating group) is 1. The summed E-state index contributed by atoms with van der Waals surface area (Å²) >= 11 is 0. The highest BCUT2D eigenvalue weighted by Gasteiger charge is 2.66. The number of carbonyl (C=O) groups excluding carboxylic acids is 2. The van der Waals surface area contributed by atoms with Crippen molar-refractivity contribution in [2.24, 2.45) is 0 Å². The normalized spacial score (nSPS) is 29.6. The highest BCUT2D eigenvalue weighted by Crippen LogP contribution is 2.39. The first-order valence-electron chi connectivity index (χ1n) is 7.99. The van der Waals surface area contributed by atoms with Gasteiger partial charge in [-0.05, 0) is 0 Å². The Kier molecular flexibility index (Phi) is 5.99. The van der Waals surface area contributed by atoms with Crippen molar-refractivity contribution in [1.29, 1.82) is 0 Å². The van der Waals surface area contributed by atoms with Crippen LogP contribution in [0.25, 0.3) is 0 Å². The Bertz CT molecular complexity index is 629. The summed E-state index contributed by atoms with van der Waals surface area (Å²) in [5, 5.41) is 3.21. The molecule has 2 saturated heterocycles. The van der Waals surface area contributed by atoms with Crippen LogP contribution in [-0.4, -0.2) is 67.4 Å². The summed E-state index contributed by atoms with van der Waals surface area (Å²) in [6.07, 6.45) is -2.91. The molecule has 7 nitrogen and oxygen atoms in total. The lowest BCUT2D eigenvalue weighted by Gasteiger charge is -2.37. The Morgan fingerprint density at radius 1 is 1.32 bits per heavy atom. The van der Waals surface area contributed by atoms with Gasteiger partial charge in [-0.1, -0.05) is 18.2 Å². The molecule has 1 aromatic rings. The highest BCUT2D eigenvalue weighted by atomic mass is 35.5. The Morgan fingerprint density at radius 3 is 2.48 bits per heavy atom. The molecule has 2 aliphatic rings. The molecule has 138 valence electrons. The van der Waals surface area contributed by atoms with E-state index in [0.29, 0.717) is 26.2 Å². The molecule has 2 amide bonds. The second kappa shape index (κ2) is 7.65. The third-order valence-electron chi connectivity index (χ3n) is 4.64. The van der Waals surface area contributed by atoms with Crippen molar-refractivity contribution in [2.75, 3.05) is 33.2 Å². The summed E-state index contributed by atoms with van der Waals surface area (Å²) < 4.78 is 19.9. The molecule has 2 aliphatic heterocycles. The maximum atomic E-state index is 16.0. The quantitative estimate of drug-likeness (QED) is 0.813. The SMILES string of the molecule is CC(=O)N(C)C1OC(=O)[N+](F)(c2ccccc2)C1N1CCNCC1.Cl. The van der Waals surface area contributed by atoms with Crippen LogP contribution >= 0.6 is 12.4 Å². The van der Waals surface area contributed by atoms with Gasteiger partial charge < -0.3 is 15.0 Å². The number of para-hydroxylation sites is 1. The summed E-state index contributed by atoms with van der Waals surface area (Å²) in [5.74, 6) is -0.283. The van der Waals surface area contributed by atoms with Crippen molar-refractivity contribution in [1.82, 2.24) is 19.8 Å². The van der Waals surface area contributed by atoms with Crippen molar-refractivity contribution in [2.45, 2.75) is 19.3 Å².